The highest BCUT2D eigenvalue weighted by molar-refractivity contribution is 5.86. The van der Waals surface area contributed by atoms with Gasteiger partial charge in [0.25, 0.3) is 0 Å². The van der Waals surface area contributed by atoms with Crippen molar-refractivity contribution in [2.24, 2.45) is 7.05 Å². The summed E-state index contributed by atoms with van der Waals surface area (Å²) in [5, 5.41) is 4.28. The number of hydrogen-bond acceptors (Lipinski definition) is 2. The zero-order valence-corrected chi connectivity index (χ0v) is 16.5. The number of methoxy groups -OCH3 is 1. The summed E-state index contributed by atoms with van der Waals surface area (Å²) in [6, 6.07) is 16.5. The van der Waals surface area contributed by atoms with E-state index in [9.17, 15) is 4.79 Å². The number of nitrogens with one attached hydrogen (secondary N) is 1. The van der Waals surface area contributed by atoms with Crippen LogP contribution in [0.4, 0.5) is 0 Å². The van der Waals surface area contributed by atoms with Gasteiger partial charge in [-0.25, -0.2) is 0 Å². The number of rotatable bonds is 7. The maximum absolute atomic E-state index is 12.8. The number of aromatic nitrogens is 1. The Balaban J connectivity index is 2.08. The molecule has 3 aromatic rings. The lowest BCUT2D eigenvalue weighted by atomic mass is 9.87. The molecule has 1 aromatic heterocycles. The summed E-state index contributed by atoms with van der Waals surface area (Å²) in [5.74, 6) is 0.802. The molecule has 0 radical (unpaired) electrons. The highest BCUT2D eigenvalue weighted by Crippen LogP contribution is 2.38. The number of fused-ring (bicyclic) bond motifs is 1. The Morgan fingerprint density at radius 2 is 1.81 bits per heavy atom. The number of amides is 1. The molecule has 0 aliphatic heterocycles. The van der Waals surface area contributed by atoms with Crippen molar-refractivity contribution in [3.8, 4) is 5.75 Å². The molecule has 0 aliphatic rings. The minimum Gasteiger partial charge on any atom is -0.496 e. The lowest BCUT2D eigenvalue weighted by Gasteiger charge is -2.21. The number of hydrogen-bond donors (Lipinski definition) is 1. The second-order valence-corrected chi connectivity index (χ2v) is 7.09. The first-order chi connectivity index (χ1) is 13.0. The van der Waals surface area contributed by atoms with Gasteiger partial charge in [-0.3, -0.25) is 4.79 Å². The van der Waals surface area contributed by atoms with Crippen LogP contribution in [0.25, 0.3) is 10.9 Å². The number of benzene rings is 2. The fourth-order valence-electron chi connectivity index (χ4n) is 3.61. The number of aryl methyl sites for hydroxylation is 1. The predicted octanol–water partition coefficient (Wildman–Crippen LogP) is 4.62. The number of carbonyl (C=O) groups excluding carboxylic acids is 1. The van der Waals surface area contributed by atoms with E-state index in [4.69, 9.17) is 4.74 Å². The third kappa shape index (κ3) is 4.00. The Labute approximate surface area is 161 Å². The largest absolute Gasteiger partial charge is 0.496 e. The number of para-hydroxylation sites is 2. The van der Waals surface area contributed by atoms with Crippen molar-refractivity contribution in [2.75, 3.05) is 7.11 Å². The van der Waals surface area contributed by atoms with E-state index in [0.717, 1.165) is 28.8 Å². The third-order valence-electron chi connectivity index (χ3n) is 5.23. The molecule has 0 spiro atoms. The van der Waals surface area contributed by atoms with Crippen molar-refractivity contribution in [1.82, 2.24) is 9.88 Å². The Bertz CT molecular complexity index is 929. The van der Waals surface area contributed by atoms with Crippen molar-refractivity contribution >= 4 is 16.8 Å². The van der Waals surface area contributed by atoms with Gasteiger partial charge >= 0.3 is 0 Å². The Hall–Kier alpha value is -2.75. The predicted molar refractivity (Wildman–Crippen MR) is 110 cm³/mol. The van der Waals surface area contributed by atoms with Gasteiger partial charge in [0.2, 0.25) is 5.91 Å². The lowest BCUT2D eigenvalue weighted by molar-refractivity contribution is -0.121. The second kappa shape index (κ2) is 8.30. The zero-order valence-electron chi connectivity index (χ0n) is 16.5. The van der Waals surface area contributed by atoms with Gasteiger partial charge in [-0.05, 0) is 31.0 Å². The van der Waals surface area contributed by atoms with Gasteiger partial charge in [0.05, 0.1) is 7.11 Å². The number of nitrogens with zero attached hydrogens (tertiary/aromatic N) is 1. The minimum atomic E-state index is -0.0729. The third-order valence-corrected chi connectivity index (χ3v) is 5.23. The summed E-state index contributed by atoms with van der Waals surface area (Å²) >= 11 is 0. The van der Waals surface area contributed by atoms with E-state index in [1.54, 1.807) is 7.11 Å². The molecule has 1 amide bonds. The molecule has 3 rings (SSSR count). The standard InChI is InChI=1S/C23H28N2O2/c1-5-16(2)24-23(26)14-19(18-11-7-9-13-22(18)27-4)20-15-25(3)21-12-8-6-10-17(20)21/h6-13,15-16,19H,5,14H2,1-4H3,(H,24,26)/t16-,19-/m0/s1. The van der Waals surface area contributed by atoms with Gasteiger partial charge in [0.1, 0.15) is 5.75 Å². The van der Waals surface area contributed by atoms with Crippen molar-refractivity contribution in [3.63, 3.8) is 0 Å². The Morgan fingerprint density at radius 1 is 1.11 bits per heavy atom. The summed E-state index contributed by atoms with van der Waals surface area (Å²) in [6.45, 7) is 4.11. The van der Waals surface area contributed by atoms with Crippen LogP contribution < -0.4 is 10.1 Å². The molecule has 0 fully saturated rings. The van der Waals surface area contributed by atoms with Gasteiger partial charge < -0.3 is 14.6 Å². The average Bonchev–Trinajstić information content (AvgIpc) is 3.02. The summed E-state index contributed by atoms with van der Waals surface area (Å²) < 4.78 is 7.74. The van der Waals surface area contributed by atoms with Gasteiger partial charge in [0.15, 0.2) is 0 Å². The maximum atomic E-state index is 12.8. The highest BCUT2D eigenvalue weighted by Gasteiger charge is 2.25. The fraction of sp³-hybridized carbons (Fsp3) is 0.348. The number of ether oxygens (including phenoxy) is 1. The quantitative estimate of drug-likeness (QED) is 0.664. The van der Waals surface area contributed by atoms with Crippen LogP contribution in [-0.4, -0.2) is 23.6 Å². The van der Waals surface area contributed by atoms with Crippen LogP contribution in [-0.2, 0) is 11.8 Å². The van der Waals surface area contributed by atoms with Crippen molar-refractivity contribution in [1.29, 1.82) is 0 Å². The van der Waals surface area contributed by atoms with Crippen molar-refractivity contribution < 1.29 is 9.53 Å². The van der Waals surface area contributed by atoms with E-state index >= 15 is 0 Å². The molecule has 27 heavy (non-hydrogen) atoms. The van der Waals surface area contributed by atoms with E-state index in [1.165, 1.54) is 5.39 Å². The van der Waals surface area contributed by atoms with Crippen LogP contribution in [0, 0.1) is 0 Å². The van der Waals surface area contributed by atoms with E-state index in [0.29, 0.717) is 6.42 Å². The van der Waals surface area contributed by atoms with Crippen LogP contribution in [0.2, 0.25) is 0 Å². The average molecular weight is 364 g/mol. The Morgan fingerprint density at radius 3 is 2.56 bits per heavy atom. The van der Waals surface area contributed by atoms with Crippen molar-refractivity contribution in [3.05, 3.63) is 65.9 Å². The van der Waals surface area contributed by atoms with Crippen molar-refractivity contribution in [2.45, 2.75) is 38.6 Å². The molecule has 0 bridgehead atoms. The summed E-state index contributed by atoms with van der Waals surface area (Å²) in [4.78, 5) is 12.8. The molecule has 1 heterocycles. The maximum Gasteiger partial charge on any atom is 0.221 e. The molecule has 0 saturated carbocycles. The molecule has 0 saturated heterocycles. The first-order valence-corrected chi connectivity index (χ1v) is 9.51. The van der Waals surface area contributed by atoms with E-state index in [-0.39, 0.29) is 17.9 Å². The summed E-state index contributed by atoms with van der Waals surface area (Å²) in [5.41, 5.74) is 3.35. The molecular weight excluding hydrogens is 336 g/mol. The van der Waals surface area contributed by atoms with E-state index in [2.05, 4.69) is 41.2 Å². The molecular formula is C23H28N2O2. The normalized spacial score (nSPS) is 13.3. The van der Waals surface area contributed by atoms with Gasteiger partial charge in [-0.15, -0.1) is 0 Å². The number of carbonyl (C=O) groups is 1. The monoisotopic (exact) mass is 364 g/mol. The van der Waals surface area contributed by atoms with E-state index < -0.39 is 0 Å². The van der Waals surface area contributed by atoms with Crippen LogP contribution in [0.15, 0.2) is 54.7 Å². The second-order valence-electron chi connectivity index (χ2n) is 7.09. The van der Waals surface area contributed by atoms with Crippen LogP contribution in [0.1, 0.15) is 43.7 Å². The lowest BCUT2D eigenvalue weighted by Crippen LogP contribution is -2.33. The molecule has 4 heteroatoms. The molecule has 0 unspecified atom stereocenters. The molecule has 4 nitrogen and oxygen atoms in total. The summed E-state index contributed by atoms with van der Waals surface area (Å²) in [6.07, 6.45) is 3.44. The van der Waals surface area contributed by atoms with Gasteiger partial charge in [-0.1, -0.05) is 43.3 Å². The van der Waals surface area contributed by atoms with Crippen LogP contribution in [0.5, 0.6) is 5.75 Å². The first-order valence-electron chi connectivity index (χ1n) is 9.51. The minimum absolute atomic E-state index is 0.0631. The topological polar surface area (TPSA) is 43.3 Å². The molecule has 142 valence electrons. The molecule has 0 aliphatic carbocycles. The molecule has 1 N–H and O–H groups in total. The highest BCUT2D eigenvalue weighted by atomic mass is 16.5. The van der Waals surface area contributed by atoms with Gasteiger partial charge in [0, 0.05) is 48.1 Å². The SMILES string of the molecule is CC[C@H](C)NC(=O)C[C@@H](c1ccccc1OC)c1cn(C)c2ccccc12. The summed E-state index contributed by atoms with van der Waals surface area (Å²) in [7, 11) is 3.72. The first kappa shape index (κ1) is 19.0. The fourth-order valence-corrected chi connectivity index (χ4v) is 3.61. The molecule has 2 atom stereocenters. The van der Waals surface area contributed by atoms with Crippen LogP contribution >= 0.6 is 0 Å². The zero-order chi connectivity index (χ0) is 19.4. The molecule has 2 aromatic carbocycles. The van der Waals surface area contributed by atoms with Crippen LogP contribution in [0.3, 0.4) is 0 Å². The Kier molecular flexibility index (Phi) is 5.84. The smallest absolute Gasteiger partial charge is 0.221 e. The van der Waals surface area contributed by atoms with Gasteiger partial charge in [-0.2, -0.15) is 0 Å². The van der Waals surface area contributed by atoms with E-state index in [1.807, 2.05) is 44.3 Å².